The number of hydrogen-bond acceptors (Lipinski definition) is 10. The van der Waals surface area contributed by atoms with Gasteiger partial charge >= 0.3 is 17.7 Å². The first-order chi connectivity index (χ1) is 25.0. The fourth-order valence-electron chi connectivity index (χ4n) is 9.25. The number of nitrogens with one attached hydrogen (secondary N) is 4. The van der Waals surface area contributed by atoms with Crippen LogP contribution in [0.4, 0.5) is 4.79 Å². The monoisotopic (exact) mass is 739 g/mol. The molecule has 1 aliphatic heterocycles. The van der Waals surface area contributed by atoms with Crippen molar-refractivity contribution in [2.75, 3.05) is 6.73 Å². The minimum atomic E-state index is -1.08. The van der Waals surface area contributed by atoms with E-state index in [4.69, 9.17) is 23.9 Å². The van der Waals surface area contributed by atoms with Crippen molar-refractivity contribution in [3.8, 4) is 0 Å². The van der Waals surface area contributed by atoms with Crippen LogP contribution in [0.25, 0.3) is 11.2 Å². The summed E-state index contributed by atoms with van der Waals surface area (Å²) in [4.78, 5) is 34.9. The Bertz CT molecular complexity index is 1650. The molecule has 1 amide bonds. The van der Waals surface area contributed by atoms with Crippen LogP contribution in [0.2, 0.25) is 0 Å². The molecule has 53 heavy (non-hydrogen) atoms. The first-order valence-corrected chi connectivity index (χ1v) is 20.1. The molecular weight excluding hydrogens is 676 g/mol. The second-order valence-electron chi connectivity index (χ2n) is 18.6. The number of ether oxygens (including phenoxy) is 4. The summed E-state index contributed by atoms with van der Waals surface area (Å²) in [7, 11) is 0. The molecule has 0 spiro atoms. The third-order valence-corrected chi connectivity index (χ3v) is 12.9. The van der Waals surface area contributed by atoms with Crippen molar-refractivity contribution in [2.45, 2.75) is 197 Å². The number of aliphatic hydroxyl groups is 1. The Balaban J connectivity index is 1.03. The molecule has 0 bridgehead atoms. The van der Waals surface area contributed by atoms with E-state index in [2.05, 4.69) is 45.5 Å². The van der Waals surface area contributed by atoms with Gasteiger partial charge in [-0.2, -0.15) is 0 Å². The largest absolute Gasteiger partial charge is 0.448 e. The molecule has 3 heterocycles. The maximum Gasteiger partial charge on any atom is 0.408 e. The molecule has 13 nitrogen and oxygen atoms in total. The summed E-state index contributed by atoms with van der Waals surface area (Å²) in [5.41, 5.74) is -0.119. The summed E-state index contributed by atoms with van der Waals surface area (Å²) >= 11 is 0. The summed E-state index contributed by atoms with van der Waals surface area (Å²) in [6.45, 7) is 13.8. The third kappa shape index (κ3) is 7.83. The molecule has 0 aromatic carbocycles. The van der Waals surface area contributed by atoms with E-state index in [0.717, 1.165) is 99.5 Å². The molecule has 5 aliphatic rings. The number of epoxide rings is 1. The average molecular weight is 740 g/mol. The first-order valence-electron chi connectivity index (χ1n) is 20.1. The Labute approximate surface area is 314 Å². The topological polar surface area (TPSA) is 163 Å². The summed E-state index contributed by atoms with van der Waals surface area (Å²) in [5, 5.41) is 21.2. The van der Waals surface area contributed by atoms with Crippen LogP contribution in [0.1, 0.15) is 162 Å². The number of rotatable bonds is 14. The summed E-state index contributed by atoms with van der Waals surface area (Å²) < 4.78 is 26.6. The molecule has 1 saturated heterocycles. The number of aromatic amines is 1. The Morgan fingerprint density at radius 3 is 2.19 bits per heavy atom. The van der Waals surface area contributed by atoms with Crippen molar-refractivity contribution in [3.63, 3.8) is 0 Å². The molecule has 13 heteroatoms. The zero-order valence-corrected chi connectivity index (χ0v) is 33.0. The van der Waals surface area contributed by atoms with Gasteiger partial charge in [0.05, 0.1) is 28.7 Å². The quantitative estimate of drug-likeness (QED) is 0.0694. The number of carbonyl (C=O) groups is 2. The standard InChI is InChI=1S/C40H62N6O7/c1-35(2,3)53-34(48)45-38(16-8-9-17-38)33(47)50-24-42-40(20-12-13-21-40)37(6,7)51-25-46-23-28(26-14-15-26)43-29-27(22-41-31(29)46)30-32(52-30)44-39(36(4,5)49)18-10-11-19-39/h22-23,26,30,32,42,44,49H,8-21,24-25H2,1-7H3,(H,45,48)/p+1. The van der Waals surface area contributed by atoms with Gasteiger partial charge in [-0.25, -0.2) is 24.1 Å². The van der Waals surface area contributed by atoms with Gasteiger partial charge in [0.15, 0.2) is 12.2 Å². The van der Waals surface area contributed by atoms with Gasteiger partial charge in [-0.05, 0) is 99.8 Å². The fraction of sp³-hybridized carbons (Fsp3) is 0.800. The van der Waals surface area contributed by atoms with E-state index < -0.39 is 39.9 Å². The van der Waals surface area contributed by atoms with Crippen molar-refractivity contribution in [1.82, 2.24) is 25.9 Å². The second-order valence-corrected chi connectivity index (χ2v) is 18.6. The van der Waals surface area contributed by atoms with Crippen LogP contribution in [0, 0.1) is 0 Å². The highest BCUT2D eigenvalue weighted by Gasteiger charge is 2.54. The Morgan fingerprint density at radius 1 is 0.962 bits per heavy atom. The number of H-pyrrole nitrogens is 1. The maximum atomic E-state index is 13.5. The van der Waals surface area contributed by atoms with E-state index in [1.165, 1.54) is 0 Å². The predicted molar refractivity (Wildman–Crippen MR) is 198 cm³/mol. The van der Waals surface area contributed by atoms with Crippen molar-refractivity contribution in [1.29, 1.82) is 0 Å². The lowest BCUT2D eigenvalue weighted by Gasteiger charge is -2.44. The Morgan fingerprint density at radius 2 is 1.58 bits per heavy atom. The van der Waals surface area contributed by atoms with E-state index in [0.29, 0.717) is 25.5 Å². The highest BCUT2D eigenvalue weighted by Crippen LogP contribution is 2.47. The Hall–Kier alpha value is -2.84. The molecule has 7 rings (SSSR count). The smallest absolute Gasteiger partial charge is 0.408 e. The highest BCUT2D eigenvalue weighted by atomic mass is 16.6. The van der Waals surface area contributed by atoms with Crippen LogP contribution in [0.15, 0.2) is 12.4 Å². The normalized spacial score (nSPS) is 25.1. The molecule has 294 valence electrons. The number of hydrogen-bond donors (Lipinski definition) is 5. The lowest BCUT2D eigenvalue weighted by molar-refractivity contribution is -0.717. The number of carbonyl (C=O) groups excluding carboxylic acids is 2. The van der Waals surface area contributed by atoms with Crippen LogP contribution in [0.5, 0.6) is 0 Å². The van der Waals surface area contributed by atoms with Crippen LogP contribution in [-0.4, -0.2) is 73.5 Å². The van der Waals surface area contributed by atoms with Crippen LogP contribution in [-0.2, 0) is 30.5 Å². The van der Waals surface area contributed by atoms with Gasteiger partial charge in [0.25, 0.3) is 0 Å². The second kappa shape index (κ2) is 14.0. The van der Waals surface area contributed by atoms with Crippen molar-refractivity contribution < 1.29 is 38.2 Å². The van der Waals surface area contributed by atoms with Crippen molar-refractivity contribution in [2.24, 2.45) is 0 Å². The lowest BCUT2D eigenvalue weighted by Crippen LogP contribution is -2.62. The number of esters is 1. The van der Waals surface area contributed by atoms with Gasteiger partial charge in [0.2, 0.25) is 0 Å². The van der Waals surface area contributed by atoms with E-state index in [-0.39, 0.29) is 24.6 Å². The van der Waals surface area contributed by atoms with Gasteiger partial charge in [-0.15, -0.1) is 0 Å². The number of fused-ring (bicyclic) bond motifs is 1. The van der Waals surface area contributed by atoms with Gasteiger partial charge in [0.1, 0.15) is 36.4 Å². The summed E-state index contributed by atoms with van der Waals surface area (Å²) in [6.07, 6.45) is 16.1. The minimum absolute atomic E-state index is 0.0210. The first kappa shape index (κ1) is 38.4. The summed E-state index contributed by atoms with van der Waals surface area (Å²) in [6, 6.07) is 0. The van der Waals surface area contributed by atoms with Gasteiger partial charge < -0.3 is 29.4 Å². The third-order valence-electron chi connectivity index (χ3n) is 12.9. The average Bonchev–Trinajstić information content (AvgIpc) is 3.71. The zero-order valence-electron chi connectivity index (χ0n) is 33.0. The summed E-state index contributed by atoms with van der Waals surface area (Å²) in [5.74, 6) is 0.0126. The van der Waals surface area contributed by atoms with E-state index in [1.807, 2.05) is 20.0 Å². The molecule has 4 saturated carbocycles. The molecule has 0 radical (unpaired) electrons. The van der Waals surface area contributed by atoms with Gasteiger partial charge in [-0.3, -0.25) is 10.6 Å². The van der Waals surface area contributed by atoms with Crippen LogP contribution in [0.3, 0.4) is 0 Å². The Kier molecular flexibility index (Phi) is 10.2. The SMILES string of the molecule is CC(C)(C)OC(=O)NC1(C(=O)OCNC2(C(C)(C)OC[n+]3cc(C4CC4)nc4c(C5OC5NC5(C(C)(C)O)CCCC5)c[nH]c43)CCCC2)CCCC1. The molecule has 5 N–H and O–H groups in total. The van der Waals surface area contributed by atoms with E-state index in [9.17, 15) is 14.7 Å². The number of amides is 1. The van der Waals surface area contributed by atoms with E-state index >= 15 is 0 Å². The molecule has 2 atom stereocenters. The molecule has 4 aliphatic carbocycles. The molecular formula is C40H63N6O7+. The van der Waals surface area contributed by atoms with E-state index in [1.54, 1.807) is 20.8 Å². The lowest BCUT2D eigenvalue weighted by atomic mass is 9.80. The number of alkyl carbamates (subject to hydrolysis) is 1. The van der Waals surface area contributed by atoms with Crippen molar-refractivity contribution >= 4 is 23.2 Å². The maximum absolute atomic E-state index is 13.5. The fourth-order valence-corrected chi connectivity index (χ4v) is 9.25. The molecule has 2 aromatic heterocycles. The van der Waals surface area contributed by atoms with Crippen molar-refractivity contribution in [3.05, 3.63) is 23.7 Å². The van der Waals surface area contributed by atoms with Gasteiger partial charge in [0, 0.05) is 17.0 Å². The molecule has 5 fully saturated rings. The predicted octanol–water partition coefficient (Wildman–Crippen LogP) is 5.79. The number of nitrogens with zero attached hydrogens (tertiary/aromatic N) is 2. The highest BCUT2D eigenvalue weighted by molar-refractivity contribution is 5.86. The van der Waals surface area contributed by atoms with Gasteiger partial charge in [-0.1, -0.05) is 38.5 Å². The molecule has 2 aromatic rings. The molecule has 2 unspecified atom stereocenters. The van der Waals surface area contributed by atoms with Crippen LogP contribution >= 0.6 is 0 Å². The number of aromatic nitrogens is 3. The van der Waals surface area contributed by atoms with Crippen LogP contribution < -0.4 is 20.5 Å². The zero-order chi connectivity index (χ0) is 37.9. The minimum Gasteiger partial charge on any atom is -0.448 e.